The van der Waals surface area contributed by atoms with E-state index in [1.807, 2.05) is 127 Å². The molecule has 1 aliphatic rings. The Bertz CT molecular complexity index is 1840. The standard InChI is InChI=1S/C39H32O5P2/c1-28-26-37(46(43-33-21-11-5-12-22-33)44-34-23-13-6-14-24-34)39-35(29(28)2)27-30-16-15-25-36(38(30)40-39)45(41-31-17-7-3-8-18-31)42-32-19-9-4-10-20-32/h3-26H,27H2,1-2H3. The minimum Gasteiger partial charge on any atom is -0.455 e. The van der Waals surface area contributed by atoms with Gasteiger partial charge in [-0.25, -0.2) is 0 Å². The van der Waals surface area contributed by atoms with Crippen LogP contribution in [0.1, 0.15) is 22.3 Å². The minimum absolute atomic E-state index is 0.693. The third kappa shape index (κ3) is 6.58. The van der Waals surface area contributed by atoms with Crippen LogP contribution in [0.25, 0.3) is 0 Å². The highest BCUT2D eigenvalue weighted by Gasteiger charge is 2.34. The van der Waals surface area contributed by atoms with E-state index in [0.717, 1.165) is 61.8 Å². The van der Waals surface area contributed by atoms with Crippen molar-refractivity contribution in [2.24, 2.45) is 0 Å². The zero-order valence-electron chi connectivity index (χ0n) is 25.5. The lowest BCUT2D eigenvalue weighted by Crippen LogP contribution is -2.23. The fourth-order valence-electron chi connectivity index (χ4n) is 5.21. The first-order valence-corrected chi connectivity index (χ1v) is 17.4. The van der Waals surface area contributed by atoms with E-state index in [0.29, 0.717) is 6.42 Å². The number of hydrogen-bond donors (Lipinski definition) is 0. The monoisotopic (exact) mass is 642 g/mol. The molecular weight excluding hydrogens is 610 g/mol. The topological polar surface area (TPSA) is 46.2 Å². The maximum absolute atomic E-state index is 7.00. The molecule has 0 fully saturated rings. The molecule has 0 aromatic heterocycles. The second-order valence-corrected chi connectivity index (χ2v) is 13.5. The van der Waals surface area contributed by atoms with E-state index in [4.69, 9.17) is 22.8 Å². The number of benzene rings is 6. The molecule has 0 radical (unpaired) electrons. The Morgan fingerprint density at radius 3 is 1.37 bits per heavy atom. The van der Waals surface area contributed by atoms with E-state index in [2.05, 4.69) is 32.0 Å². The molecule has 0 unspecified atom stereocenters. The molecule has 1 aliphatic heterocycles. The van der Waals surface area contributed by atoms with E-state index >= 15 is 0 Å². The lowest BCUT2D eigenvalue weighted by molar-refractivity contribution is 0.457. The molecule has 0 N–H and O–H groups in total. The smallest absolute Gasteiger partial charge is 0.330 e. The molecule has 0 atom stereocenters. The summed E-state index contributed by atoms with van der Waals surface area (Å²) in [6.45, 7) is 4.28. The summed E-state index contributed by atoms with van der Waals surface area (Å²) >= 11 is 0. The SMILES string of the molecule is Cc1cc(P(Oc2ccccc2)Oc2ccccc2)c2c(c1C)Cc1cccc(P(Oc3ccccc3)Oc3ccccc3)c1O2. The number of fused-ring (bicyclic) bond motifs is 2. The molecule has 0 saturated carbocycles. The molecule has 7 rings (SSSR count). The zero-order valence-corrected chi connectivity index (χ0v) is 27.3. The molecule has 228 valence electrons. The van der Waals surface area contributed by atoms with Gasteiger partial charge in [-0.05, 0) is 85.6 Å². The summed E-state index contributed by atoms with van der Waals surface area (Å²) in [6, 6.07) is 47.4. The number of aryl methyl sites for hydroxylation is 1. The highest BCUT2D eigenvalue weighted by Crippen LogP contribution is 2.50. The summed E-state index contributed by atoms with van der Waals surface area (Å²) in [7, 11) is -3.24. The molecule has 6 aromatic carbocycles. The van der Waals surface area contributed by atoms with Crippen molar-refractivity contribution in [3.05, 3.63) is 168 Å². The van der Waals surface area contributed by atoms with Gasteiger partial charge >= 0.3 is 16.8 Å². The third-order valence-electron chi connectivity index (χ3n) is 7.67. The molecule has 0 bridgehead atoms. The average Bonchev–Trinajstić information content (AvgIpc) is 3.10. The minimum atomic E-state index is -1.63. The van der Waals surface area contributed by atoms with Gasteiger partial charge in [0.15, 0.2) is 0 Å². The molecule has 5 nitrogen and oxygen atoms in total. The maximum Gasteiger partial charge on any atom is 0.330 e. The van der Waals surface area contributed by atoms with Gasteiger partial charge in [-0.15, -0.1) is 0 Å². The van der Waals surface area contributed by atoms with Crippen molar-refractivity contribution in [3.8, 4) is 34.5 Å². The van der Waals surface area contributed by atoms with Gasteiger partial charge in [-0.1, -0.05) is 84.9 Å². The zero-order chi connectivity index (χ0) is 31.3. The summed E-state index contributed by atoms with van der Waals surface area (Å²) in [5.74, 6) is 4.40. The Hall–Kier alpha value is -4.82. The van der Waals surface area contributed by atoms with E-state index in [1.54, 1.807) is 0 Å². The molecule has 7 heteroatoms. The summed E-state index contributed by atoms with van der Waals surface area (Å²) in [5.41, 5.74) is 4.54. The van der Waals surface area contributed by atoms with Crippen molar-refractivity contribution in [2.75, 3.05) is 0 Å². The molecule has 0 amide bonds. The Morgan fingerprint density at radius 1 is 0.478 bits per heavy atom. The summed E-state index contributed by atoms with van der Waals surface area (Å²) < 4.78 is 33.3. The van der Waals surface area contributed by atoms with E-state index in [9.17, 15) is 0 Å². The third-order valence-corrected chi connectivity index (χ3v) is 10.6. The van der Waals surface area contributed by atoms with Crippen LogP contribution < -0.4 is 33.4 Å². The van der Waals surface area contributed by atoms with Crippen LogP contribution >= 0.6 is 16.8 Å². The van der Waals surface area contributed by atoms with Crippen molar-refractivity contribution in [3.63, 3.8) is 0 Å². The van der Waals surface area contributed by atoms with Gasteiger partial charge < -0.3 is 22.8 Å². The van der Waals surface area contributed by atoms with Crippen molar-refractivity contribution < 1.29 is 22.8 Å². The average molecular weight is 643 g/mol. The number of rotatable bonds is 10. The normalized spacial score (nSPS) is 11.7. The van der Waals surface area contributed by atoms with E-state index in [-0.39, 0.29) is 0 Å². The molecule has 0 aliphatic carbocycles. The highest BCUT2D eigenvalue weighted by atomic mass is 31.2. The van der Waals surface area contributed by atoms with Crippen LogP contribution in [0, 0.1) is 13.8 Å². The van der Waals surface area contributed by atoms with Crippen LogP contribution in [0.15, 0.2) is 146 Å². The molecular formula is C39H32O5P2. The lowest BCUT2D eigenvalue weighted by Gasteiger charge is -2.30. The number of hydrogen-bond acceptors (Lipinski definition) is 5. The molecule has 0 spiro atoms. The Labute approximate surface area is 272 Å². The second-order valence-electron chi connectivity index (χ2n) is 10.8. The van der Waals surface area contributed by atoms with Crippen LogP contribution in [-0.4, -0.2) is 0 Å². The fraction of sp³-hybridized carbons (Fsp3) is 0.0769. The summed E-state index contributed by atoms with van der Waals surface area (Å²) in [5, 5.41) is 1.73. The van der Waals surface area contributed by atoms with Crippen LogP contribution in [0.4, 0.5) is 0 Å². The van der Waals surface area contributed by atoms with Gasteiger partial charge in [0.05, 0.1) is 10.6 Å². The van der Waals surface area contributed by atoms with Crippen molar-refractivity contribution in [2.45, 2.75) is 20.3 Å². The van der Waals surface area contributed by atoms with Crippen LogP contribution in [0.3, 0.4) is 0 Å². The van der Waals surface area contributed by atoms with Gasteiger partial charge in [0.1, 0.15) is 34.5 Å². The quantitative estimate of drug-likeness (QED) is 0.139. The predicted molar refractivity (Wildman–Crippen MR) is 187 cm³/mol. The molecule has 46 heavy (non-hydrogen) atoms. The van der Waals surface area contributed by atoms with Crippen molar-refractivity contribution in [1.82, 2.24) is 0 Å². The fourth-order valence-corrected chi connectivity index (χ4v) is 8.14. The number of para-hydroxylation sites is 5. The van der Waals surface area contributed by atoms with Gasteiger partial charge in [0.2, 0.25) is 0 Å². The Balaban J connectivity index is 1.32. The van der Waals surface area contributed by atoms with E-state index < -0.39 is 16.8 Å². The molecule has 6 aromatic rings. The van der Waals surface area contributed by atoms with Crippen LogP contribution in [0.2, 0.25) is 0 Å². The first-order chi connectivity index (χ1) is 22.6. The summed E-state index contributed by atoms with van der Waals surface area (Å²) in [4.78, 5) is 0. The largest absolute Gasteiger partial charge is 0.455 e. The summed E-state index contributed by atoms with van der Waals surface area (Å²) in [6.07, 6.45) is 0.693. The lowest BCUT2D eigenvalue weighted by atomic mass is 9.94. The van der Waals surface area contributed by atoms with Gasteiger partial charge in [-0.3, -0.25) is 0 Å². The second kappa shape index (κ2) is 13.7. The van der Waals surface area contributed by atoms with Crippen LogP contribution in [0.5, 0.6) is 34.5 Å². The predicted octanol–water partition coefficient (Wildman–Crippen LogP) is 10.2. The Morgan fingerprint density at radius 2 is 0.913 bits per heavy atom. The maximum atomic E-state index is 7.00. The first-order valence-electron chi connectivity index (χ1n) is 15.1. The first kappa shape index (κ1) is 29.9. The highest BCUT2D eigenvalue weighted by molar-refractivity contribution is 7.57. The Kier molecular flexibility index (Phi) is 8.87. The van der Waals surface area contributed by atoms with Crippen molar-refractivity contribution >= 4 is 27.4 Å². The molecule has 0 saturated heterocycles. The van der Waals surface area contributed by atoms with Gasteiger partial charge in [0, 0.05) is 17.5 Å². The van der Waals surface area contributed by atoms with E-state index in [1.165, 1.54) is 5.56 Å². The van der Waals surface area contributed by atoms with Crippen molar-refractivity contribution in [1.29, 1.82) is 0 Å². The molecule has 1 heterocycles. The number of ether oxygens (including phenoxy) is 1. The van der Waals surface area contributed by atoms with Gasteiger partial charge in [0.25, 0.3) is 0 Å². The van der Waals surface area contributed by atoms with Crippen LogP contribution in [-0.2, 0) is 6.42 Å². The van der Waals surface area contributed by atoms with Gasteiger partial charge in [-0.2, -0.15) is 0 Å².